The molecule has 0 spiro atoms. The second-order valence-corrected chi connectivity index (χ2v) is 4.86. The van der Waals surface area contributed by atoms with Gasteiger partial charge in [0.05, 0.1) is 10.7 Å². The number of benzene rings is 1. The van der Waals surface area contributed by atoms with Crippen molar-refractivity contribution in [2.75, 3.05) is 11.1 Å². The third-order valence-electron chi connectivity index (χ3n) is 2.79. The first kappa shape index (κ1) is 14.8. The lowest BCUT2D eigenvalue weighted by Crippen LogP contribution is -2.11. The van der Waals surface area contributed by atoms with Gasteiger partial charge in [0, 0.05) is 12.1 Å². The largest absolute Gasteiger partial charge is 0.397 e. The summed E-state index contributed by atoms with van der Waals surface area (Å²) in [6.45, 7) is 2.18. The minimum atomic E-state index is 0.0354. The lowest BCUT2D eigenvalue weighted by Gasteiger charge is -2.06. The number of halogens is 1. The van der Waals surface area contributed by atoms with E-state index in [1.807, 2.05) is 0 Å². The SMILES string of the molecule is CCCCCCCC(=O)Nc1ccc(Cl)c(N)c1. The number of rotatable bonds is 7. The fourth-order valence-electron chi connectivity index (χ4n) is 1.73. The third-order valence-corrected chi connectivity index (χ3v) is 3.13. The molecule has 0 aliphatic rings. The molecule has 0 aliphatic carbocycles. The highest BCUT2D eigenvalue weighted by molar-refractivity contribution is 6.33. The number of nitrogens with one attached hydrogen (secondary N) is 1. The fraction of sp³-hybridized carbons (Fsp3) is 0.500. The predicted octanol–water partition coefficient (Wildman–Crippen LogP) is 4.22. The molecule has 18 heavy (non-hydrogen) atoms. The Kier molecular flexibility index (Phi) is 6.58. The number of unbranched alkanes of at least 4 members (excludes halogenated alkanes) is 4. The van der Waals surface area contributed by atoms with Crippen molar-refractivity contribution in [3.63, 3.8) is 0 Å². The van der Waals surface area contributed by atoms with Crippen LogP contribution in [0.4, 0.5) is 11.4 Å². The standard InChI is InChI=1S/C14H21ClN2O/c1-2-3-4-5-6-7-14(18)17-11-8-9-12(15)13(16)10-11/h8-10H,2-7,16H2,1H3,(H,17,18). The van der Waals surface area contributed by atoms with Crippen LogP contribution in [0.1, 0.15) is 45.4 Å². The molecule has 0 saturated heterocycles. The molecular weight excluding hydrogens is 248 g/mol. The predicted molar refractivity (Wildman–Crippen MR) is 77.9 cm³/mol. The van der Waals surface area contributed by atoms with Crippen LogP contribution in [-0.2, 0) is 4.79 Å². The van der Waals surface area contributed by atoms with Crippen molar-refractivity contribution >= 4 is 28.9 Å². The average Bonchev–Trinajstić information content (AvgIpc) is 2.34. The van der Waals surface area contributed by atoms with Gasteiger partial charge in [-0.25, -0.2) is 0 Å². The minimum Gasteiger partial charge on any atom is -0.397 e. The van der Waals surface area contributed by atoms with Gasteiger partial charge in [-0.2, -0.15) is 0 Å². The van der Waals surface area contributed by atoms with Crippen LogP contribution in [0.5, 0.6) is 0 Å². The van der Waals surface area contributed by atoms with Crippen molar-refractivity contribution in [3.8, 4) is 0 Å². The Morgan fingerprint density at radius 1 is 1.28 bits per heavy atom. The van der Waals surface area contributed by atoms with E-state index in [2.05, 4.69) is 12.2 Å². The molecule has 4 heteroatoms. The first-order valence-corrected chi connectivity index (χ1v) is 6.86. The van der Waals surface area contributed by atoms with Gasteiger partial charge < -0.3 is 11.1 Å². The molecule has 1 aromatic carbocycles. The normalized spacial score (nSPS) is 10.3. The number of amides is 1. The van der Waals surface area contributed by atoms with Crippen LogP contribution in [0.15, 0.2) is 18.2 Å². The summed E-state index contributed by atoms with van der Waals surface area (Å²) in [5.74, 6) is 0.0354. The molecular formula is C14H21ClN2O. The van der Waals surface area contributed by atoms with Crippen molar-refractivity contribution in [3.05, 3.63) is 23.2 Å². The quantitative estimate of drug-likeness (QED) is 0.575. The second-order valence-electron chi connectivity index (χ2n) is 4.45. The number of nitrogen functional groups attached to an aromatic ring is 1. The van der Waals surface area contributed by atoms with Crippen LogP contribution >= 0.6 is 11.6 Å². The van der Waals surface area contributed by atoms with Crippen molar-refractivity contribution in [1.29, 1.82) is 0 Å². The summed E-state index contributed by atoms with van der Waals surface area (Å²) in [7, 11) is 0. The summed E-state index contributed by atoms with van der Waals surface area (Å²) < 4.78 is 0. The number of nitrogens with two attached hydrogens (primary N) is 1. The van der Waals surface area contributed by atoms with E-state index in [9.17, 15) is 4.79 Å². The summed E-state index contributed by atoms with van der Waals surface area (Å²) in [4.78, 5) is 11.7. The third kappa shape index (κ3) is 5.41. The smallest absolute Gasteiger partial charge is 0.224 e. The van der Waals surface area contributed by atoms with Crippen LogP contribution in [0.3, 0.4) is 0 Å². The molecule has 0 radical (unpaired) electrons. The van der Waals surface area contributed by atoms with E-state index in [1.165, 1.54) is 19.3 Å². The highest BCUT2D eigenvalue weighted by Gasteiger charge is 2.03. The zero-order valence-corrected chi connectivity index (χ0v) is 11.6. The minimum absolute atomic E-state index is 0.0354. The maximum atomic E-state index is 11.7. The van der Waals surface area contributed by atoms with Crippen molar-refractivity contribution < 1.29 is 4.79 Å². The molecule has 3 N–H and O–H groups in total. The van der Waals surface area contributed by atoms with Gasteiger partial charge in [0.15, 0.2) is 0 Å². The number of carbonyl (C=O) groups excluding carboxylic acids is 1. The van der Waals surface area contributed by atoms with Gasteiger partial charge in [-0.1, -0.05) is 44.2 Å². The van der Waals surface area contributed by atoms with Gasteiger partial charge in [0.25, 0.3) is 0 Å². The van der Waals surface area contributed by atoms with Gasteiger partial charge in [0.1, 0.15) is 0 Å². The second kappa shape index (κ2) is 7.98. The van der Waals surface area contributed by atoms with Gasteiger partial charge in [-0.3, -0.25) is 4.79 Å². The van der Waals surface area contributed by atoms with Crippen molar-refractivity contribution in [2.45, 2.75) is 45.4 Å². The summed E-state index contributed by atoms with van der Waals surface area (Å²) in [5.41, 5.74) is 6.86. The maximum absolute atomic E-state index is 11.7. The summed E-state index contributed by atoms with van der Waals surface area (Å²) >= 11 is 5.81. The van der Waals surface area contributed by atoms with Crippen LogP contribution in [0.25, 0.3) is 0 Å². The average molecular weight is 269 g/mol. The van der Waals surface area contributed by atoms with Crippen LogP contribution in [0, 0.1) is 0 Å². The molecule has 0 atom stereocenters. The molecule has 0 aliphatic heterocycles. The van der Waals surface area contributed by atoms with Crippen molar-refractivity contribution in [1.82, 2.24) is 0 Å². The molecule has 100 valence electrons. The molecule has 1 aromatic rings. The van der Waals surface area contributed by atoms with Crippen molar-refractivity contribution in [2.24, 2.45) is 0 Å². The van der Waals surface area contributed by atoms with Gasteiger partial charge in [-0.15, -0.1) is 0 Å². The van der Waals surface area contributed by atoms with E-state index in [4.69, 9.17) is 17.3 Å². The Morgan fingerprint density at radius 2 is 2.00 bits per heavy atom. The van der Waals surface area contributed by atoms with E-state index in [0.717, 1.165) is 12.8 Å². The van der Waals surface area contributed by atoms with Gasteiger partial charge in [-0.05, 0) is 24.6 Å². The first-order chi connectivity index (χ1) is 8.63. The fourth-order valence-corrected chi connectivity index (χ4v) is 1.85. The summed E-state index contributed by atoms with van der Waals surface area (Å²) in [6.07, 6.45) is 6.29. The molecule has 0 saturated carbocycles. The molecule has 3 nitrogen and oxygen atoms in total. The number of hydrogen-bond acceptors (Lipinski definition) is 2. The van der Waals surface area contributed by atoms with E-state index in [1.54, 1.807) is 18.2 Å². The van der Waals surface area contributed by atoms with Crippen LogP contribution in [-0.4, -0.2) is 5.91 Å². The summed E-state index contributed by atoms with van der Waals surface area (Å²) in [6, 6.07) is 5.12. The molecule has 1 rings (SSSR count). The Bertz CT molecular complexity index is 393. The van der Waals surface area contributed by atoms with Gasteiger partial charge in [0.2, 0.25) is 5.91 Å². The highest BCUT2D eigenvalue weighted by Crippen LogP contribution is 2.22. The molecule has 0 aromatic heterocycles. The van der Waals surface area contributed by atoms with Crippen LogP contribution < -0.4 is 11.1 Å². The van der Waals surface area contributed by atoms with E-state index >= 15 is 0 Å². The van der Waals surface area contributed by atoms with E-state index < -0.39 is 0 Å². The zero-order chi connectivity index (χ0) is 13.4. The van der Waals surface area contributed by atoms with E-state index in [-0.39, 0.29) is 5.91 Å². The molecule has 0 bridgehead atoms. The number of anilines is 2. The molecule has 1 amide bonds. The Morgan fingerprint density at radius 3 is 2.67 bits per heavy atom. The Balaban J connectivity index is 2.29. The molecule has 0 unspecified atom stereocenters. The first-order valence-electron chi connectivity index (χ1n) is 6.48. The molecule has 0 heterocycles. The Labute approximate surface area is 114 Å². The topological polar surface area (TPSA) is 55.1 Å². The van der Waals surface area contributed by atoms with E-state index in [0.29, 0.717) is 22.8 Å². The molecule has 0 fully saturated rings. The highest BCUT2D eigenvalue weighted by atomic mass is 35.5. The monoisotopic (exact) mass is 268 g/mol. The zero-order valence-electron chi connectivity index (χ0n) is 10.8. The number of carbonyl (C=O) groups is 1. The lowest BCUT2D eigenvalue weighted by molar-refractivity contribution is -0.116. The Hall–Kier alpha value is -1.22. The maximum Gasteiger partial charge on any atom is 0.224 e. The van der Waals surface area contributed by atoms with Crippen LogP contribution in [0.2, 0.25) is 5.02 Å². The lowest BCUT2D eigenvalue weighted by atomic mass is 10.1. The van der Waals surface area contributed by atoms with Gasteiger partial charge >= 0.3 is 0 Å². The summed E-state index contributed by atoms with van der Waals surface area (Å²) in [5, 5.41) is 3.33. The number of hydrogen-bond donors (Lipinski definition) is 2.